The molecule has 0 saturated carbocycles. The van der Waals surface area contributed by atoms with Crippen molar-refractivity contribution in [1.29, 1.82) is 5.41 Å². The summed E-state index contributed by atoms with van der Waals surface area (Å²) in [4.78, 5) is 0. The van der Waals surface area contributed by atoms with Crippen LogP contribution in [0.5, 0.6) is 5.75 Å². The Morgan fingerprint density at radius 1 is 1.09 bits per heavy atom. The number of nitrogens with zero attached hydrogens (tertiary/aromatic N) is 1. The molecule has 3 aromatic carbocycles. The van der Waals surface area contributed by atoms with Crippen molar-refractivity contribution in [3.05, 3.63) is 101 Å². The number of halogens is 1. The topological polar surface area (TPSA) is 109 Å². The largest absolute Gasteiger partial charge is 0.496 e. The molecule has 0 aliphatic carbocycles. The molecular weight excluding hydrogens is 448 g/mol. The first-order chi connectivity index (χ1) is 15.5. The normalized spacial score (nSPS) is 19.6. The standard InChI is InChI=1S/C23H23ClN4O.O2S/c1-29-21-10-6-5-9-19(21)23(17-11-13-18(24)14-12-17)20(15-28(27-23)22(25)26)16-7-3-2-4-8-16;1-3-2/h2-14,20,27H,15H2,1H3,(H3,25,26);. The Bertz CT molecular complexity index is 1110. The molecule has 9 heteroatoms. The SMILES string of the molecule is COc1ccccc1C1(c2ccc(Cl)cc2)NN(C(=N)N)CC1c1ccccc1.O=S=O. The lowest BCUT2D eigenvalue weighted by atomic mass is 9.71. The van der Waals surface area contributed by atoms with Crippen LogP contribution in [0.4, 0.5) is 0 Å². The summed E-state index contributed by atoms with van der Waals surface area (Å²) >= 11 is 5.44. The van der Waals surface area contributed by atoms with Crippen LogP contribution in [0.25, 0.3) is 0 Å². The minimum absolute atomic E-state index is 0.0231. The van der Waals surface area contributed by atoms with Crippen molar-refractivity contribution in [3.8, 4) is 5.75 Å². The summed E-state index contributed by atoms with van der Waals surface area (Å²) in [5.41, 5.74) is 11.9. The number of methoxy groups -OCH3 is 1. The van der Waals surface area contributed by atoms with Crippen molar-refractivity contribution in [2.75, 3.05) is 13.7 Å². The van der Waals surface area contributed by atoms with Crippen LogP contribution in [0, 0.1) is 5.41 Å². The summed E-state index contributed by atoms with van der Waals surface area (Å²) in [5.74, 6) is 0.711. The molecule has 1 heterocycles. The van der Waals surface area contributed by atoms with E-state index in [-0.39, 0.29) is 11.9 Å². The Hall–Kier alpha value is -3.20. The summed E-state index contributed by atoms with van der Waals surface area (Å²) < 4.78 is 22.3. The smallest absolute Gasteiger partial charge is 0.335 e. The zero-order valence-electron chi connectivity index (χ0n) is 17.3. The van der Waals surface area contributed by atoms with Crippen LogP contribution in [0.3, 0.4) is 0 Å². The summed E-state index contributed by atoms with van der Waals surface area (Å²) in [7, 11) is 1.67. The van der Waals surface area contributed by atoms with Gasteiger partial charge in [0.2, 0.25) is 5.96 Å². The molecule has 0 amide bonds. The predicted octanol–water partition coefficient (Wildman–Crippen LogP) is 3.42. The number of hydrogen-bond acceptors (Lipinski definition) is 5. The van der Waals surface area contributed by atoms with Crippen molar-refractivity contribution >= 4 is 29.1 Å². The summed E-state index contributed by atoms with van der Waals surface area (Å²) in [6.45, 7) is 0.542. The van der Waals surface area contributed by atoms with Crippen LogP contribution in [0.15, 0.2) is 78.9 Å². The van der Waals surface area contributed by atoms with E-state index >= 15 is 0 Å². The molecular formula is C23H23ClN4O3S. The van der Waals surface area contributed by atoms with E-state index in [9.17, 15) is 0 Å². The molecule has 32 heavy (non-hydrogen) atoms. The van der Waals surface area contributed by atoms with Crippen molar-refractivity contribution < 1.29 is 13.2 Å². The highest BCUT2D eigenvalue weighted by Crippen LogP contribution is 2.49. The van der Waals surface area contributed by atoms with E-state index in [4.69, 9.17) is 35.9 Å². The maximum Gasteiger partial charge on any atom is 0.335 e. The second-order valence-electron chi connectivity index (χ2n) is 7.15. The highest BCUT2D eigenvalue weighted by atomic mass is 35.5. The van der Waals surface area contributed by atoms with Gasteiger partial charge in [-0.15, -0.1) is 0 Å². The van der Waals surface area contributed by atoms with Gasteiger partial charge >= 0.3 is 11.6 Å². The molecule has 166 valence electrons. The Kier molecular flexibility index (Phi) is 7.63. The van der Waals surface area contributed by atoms with Crippen LogP contribution in [0.2, 0.25) is 5.02 Å². The van der Waals surface area contributed by atoms with Gasteiger partial charge in [-0.3, -0.25) is 10.4 Å². The van der Waals surface area contributed by atoms with Gasteiger partial charge in [0.1, 0.15) is 5.75 Å². The zero-order chi connectivity index (χ0) is 23.1. The molecule has 1 saturated heterocycles. The number of hydrogen-bond donors (Lipinski definition) is 3. The molecule has 0 spiro atoms. The molecule has 0 bridgehead atoms. The van der Waals surface area contributed by atoms with E-state index in [1.54, 1.807) is 12.1 Å². The van der Waals surface area contributed by atoms with E-state index in [2.05, 4.69) is 23.6 Å². The van der Waals surface area contributed by atoms with Crippen molar-refractivity contribution in [2.45, 2.75) is 11.5 Å². The van der Waals surface area contributed by atoms with Gasteiger partial charge in [0.15, 0.2) is 0 Å². The molecule has 4 N–H and O–H groups in total. The lowest BCUT2D eigenvalue weighted by Crippen LogP contribution is -2.50. The summed E-state index contributed by atoms with van der Waals surface area (Å²) in [6.07, 6.45) is 0. The van der Waals surface area contributed by atoms with Crippen molar-refractivity contribution in [3.63, 3.8) is 0 Å². The van der Waals surface area contributed by atoms with Gasteiger partial charge in [0, 0.05) is 23.0 Å². The zero-order valence-corrected chi connectivity index (χ0v) is 18.9. The fourth-order valence-corrected chi connectivity index (χ4v) is 4.33. The third-order valence-corrected chi connectivity index (χ3v) is 5.78. The molecule has 2 atom stereocenters. The highest BCUT2D eigenvalue weighted by molar-refractivity contribution is 7.51. The Morgan fingerprint density at radius 2 is 1.69 bits per heavy atom. The third-order valence-electron chi connectivity index (χ3n) is 5.52. The number of guanidine groups is 1. The quantitative estimate of drug-likeness (QED) is 0.398. The van der Waals surface area contributed by atoms with Gasteiger partial charge in [-0.05, 0) is 29.3 Å². The number of nitrogens with one attached hydrogen (secondary N) is 2. The number of ether oxygens (including phenoxy) is 1. The molecule has 1 aliphatic heterocycles. The van der Waals surface area contributed by atoms with Gasteiger partial charge in [-0.2, -0.15) is 8.42 Å². The molecule has 3 aromatic rings. The number of hydrazine groups is 1. The average molecular weight is 471 g/mol. The van der Waals surface area contributed by atoms with Gasteiger partial charge in [-0.1, -0.05) is 72.3 Å². The number of nitrogens with two attached hydrogens (primary N) is 1. The van der Waals surface area contributed by atoms with Crippen LogP contribution in [-0.2, 0) is 17.1 Å². The van der Waals surface area contributed by atoms with E-state index in [1.165, 1.54) is 0 Å². The lowest BCUT2D eigenvalue weighted by Gasteiger charge is -2.37. The molecule has 4 rings (SSSR count). The molecule has 0 aromatic heterocycles. The van der Waals surface area contributed by atoms with Crippen molar-refractivity contribution in [1.82, 2.24) is 10.4 Å². The van der Waals surface area contributed by atoms with E-state index < -0.39 is 17.1 Å². The average Bonchev–Trinajstić information content (AvgIpc) is 3.23. The lowest BCUT2D eigenvalue weighted by molar-refractivity contribution is 0.300. The fourth-order valence-electron chi connectivity index (χ4n) is 4.21. The first-order valence-electron chi connectivity index (χ1n) is 9.73. The first-order valence-corrected chi connectivity index (χ1v) is 10.8. The van der Waals surface area contributed by atoms with E-state index in [0.717, 1.165) is 22.4 Å². The highest BCUT2D eigenvalue weighted by Gasteiger charge is 2.51. The maximum atomic E-state index is 8.29. The molecule has 1 aliphatic rings. The number of benzene rings is 3. The van der Waals surface area contributed by atoms with Crippen LogP contribution >= 0.6 is 11.6 Å². The van der Waals surface area contributed by atoms with Gasteiger partial charge in [-0.25, -0.2) is 5.43 Å². The molecule has 2 unspecified atom stereocenters. The molecule has 0 radical (unpaired) electrons. The third kappa shape index (κ3) is 4.52. The molecule has 1 fully saturated rings. The Labute approximate surface area is 195 Å². The number of para-hydroxylation sites is 1. The van der Waals surface area contributed by atoms with Gasteiger partial charge in [0.05, 0.1) is 12.6 Å². The molecule has 7 nitrogen and oxygen atoms in total. The minimum atomic E-state index is -0.750. The maximum absolute atomic E-state index is 8.29. The van der Waals surface area contributed by atoms with Gasteiger partial charge in [0.25, 0.3) is 0 Å². The summed E-state index contributed by atoms with van der Waals surface area (Å²) in [5, 5.41) is 10.4. The predicted molar refractivity (Wildman–Crippen MR) is 125 cm³/mol. The second kappa shape index (κ2) is 10.4. The monoisotopic (exact) mass is 470 g/mol. The first kappa shape index (κ1) is 23.5. The summed E-state index contributed by atoms with van der Waals surface area (Å²) in [6, 6.07) is 26.0. The van der Waals surface area contributed by atoms with Crippen LogP contribution in [-0.4, -0.2) is 33.0 Å². The Balaban J connectivity index is 0.000000913. The number of rotatable bonds is 4. The van der Waals surface area contributed by atoms with Crippen LogP contribution < -0.4 is 15.9 Å². The van der Waals surface area contributed by atoms with Crippen molar-refractivity contribution in [2.24, 2.45) is 5.73 Å². The Morgan fingerprint density at radius 3 is 2.28 bits per heavy atom. The van der Waals surface area contributed by atoms with Crippen LogP contribution in [0.1, 0.15) is 22.6 Å². The minimum Gasteiger partial charge on any atom is -0.496 e. The van der Waals surface area contributed by atoms with E-state index in [0.29, 0.717) is 11.6 Å². The fraction of sp³-hybridized carbons (Fsp3) is 0.174. The van der Waals surface area contributed by atoms with E-state index in [1.807, 2.05) is 60.7 Å². The van der Waals surface area contributed by atoms with Gasteiger partial charge < -0.3 is 10.5 Å². The second-order valence-corrected chi connectivity index (χ2v) is 7.73.